The number of hydrogen-bond donors (Lipinski definition) is 0. The highest BCUT2D eigenvalue weighted by molar-refractivity contribution is 6.76. The van der Waals surface area contributed by atoms with E-state index in [-0.39, 0.29) is 5.78 Å². The van der Waals surface area contributed by atoms with E-state index in [9.17, 15) is 4.79 Å². The fourth-order valence-electron chi connectivity index (χ4n) is 0.854. The number of halogens is 3. The lowest BCUT2D eigenvalue weighted by Crippen LogP contribution is -2.18. The molecule has 0 radical (unpaired) electrons. The molecule has 0 unspecified atom stereocenters. The van der Waals surface area contributed by atoms with Crippen LogP contribution in [0.1, 0.15) is 39.0 Å². The number of unbranched alkanes of at least 4 members (excludes halogenated alkanes) is 3. The molecule has 0 saturated carbocycles. The highest BCUT2D eigenvalue weighted by Crippen LogP contribution is 2.29. The van der Waals surface area contributed by atoms with Crippen molar-refractivity contribution in [3.05, 3.63) is 0 Å². The number of alkyl halides is 3. The van der Waals surface area contributed by atoms with E-state index in [1.54, 1.807) is 0 Å². The van der Waals surface area contributed by atoms with E-state index in [1.807, 2.05) is 0 Å². The quantitative estimate of drug-likeness (QED) is 0.518. The zero-order valence-electron chi connectivity index (χ0n) is 7.08. The molecule has 0 bridgehead atoms. The summed E-state index contributed by atoms with van der Waals surface area (Å²) in [6, 6.07) is 0. The molecule has 0 aliphatic carbocycles. The Morgan fingerprint density at radius 3 is 2.17 bits per heavy atom. The van der Waals surface area contributed by atoms with Gasteiger partial charge in [-0.05, 0) is 6.42 Å². The van der Waals surface area contributed by atoms with Crippen LogP contribution in [-0.4, -0.2) is 9.58 Å². The smallest absolute Gasteiger partial charge is 0.248 e. The maximum absolute atomic E-state index is 11.0. The van der Waals surface area contributed by atoms with Crippen LogP contribution in [-0.2, 0) is 4.79 Å². The first-order valence-corrected chi connectivity index (χ1v) is 5.22. The summed E-state index contributed by atoms with van der Waals surface area (Å²) in [5.74, 6) is -0.302. The Labute approximate surface area is 88.4 Å². The third kappa shape index (κ3) is 6.10. The average Bonchev–Trinajstić information content (AvgIpc) is 1.96. The summed E-state index contributed by atoms with van der Waals surface area (Å²) in [7, 11) is 0. The van der Waals surface area contributed by atoms with Gasteiger partial charge in [-0.1, -0.05) is 61.0 Å². The Hall–Kier alpha value is 0.540. The zero-order valence-corrected chi connectivity index (χ0v) is 9.35. The monoisotopic (exact) mass is 230 g/mol. The van der Waals surface area contributed by atoms with Crippen molar-refractivity contribution in [3.8, 4) is 0 Å². The maximum Gasteiger partial charge on any atom is 0.248 e. The molecule has 0 aromatic carbocycles. The number of rotatable bonds is 5. The molecule has 4 heteroatoms. The van der Waals surface area contributed by atoms with Crippen molar-refractivity contribution in [1.29, 1.82) is 0 Å². The zero-order chi connectivity index (χ0) is 9.61. The molecule has 0 aliphatic rings. The van der Waals surface area contributed by atoms with Crippen molar-refractivity contribution in [1.82, 2.24) is 0 Å². The van der Waals surface area contributed by atoms with Crippen LogP contribution in [0.25, 0.3) is 0 Å². The molecular formula is C8H13Cl3O. The van der Waals surface area contributed by atoms with Crippen LogP contribution in [0.4, 0.5) is 0 Å². The van der Waals surface area contributed by atoms with E-state index in [0.717, 1.165) is 25.7 Å². The van der Waals surface area contributed by atoms with Gasteiger partial charge in [-0.3, -0.25) is 4.79 Å². The first kappa shape index (κ1) is 12.5. The van der Waals surface area contributed by atoms with Crippen LogP contribution in [0.5, 0.6) is 0 Å². The second-order valence-corrected chi connectivity index (χ2v) is 5.01. The van der Waals surface area contributed by atoms with Crippen molar-refractivity contribution in [2.24, 2.45) is 0 Å². The highest BCUT2D eigenvalue weighted by Gasteiger charge is 2.29. The second kappa shape index (κ2) is 6.06. The Morgan fingerprint density at radius 2 is 1.75 bits per heavy atom. The van der Waals surface area contributed by atoms with Gasteiger partial charge in [-0.25, -0.2) is 0 Å². The molecule has 0 atom stereocenters. The molecule has 72 valence electrons. The van der Waals surface area contributed by atoms with Gasteiger partial charge in [0.05, 0.1) is 0 Å². The number of hydrogen-bond acceptors (Lipinski definition) is 1. The molecule has 12 heavy (non-hydrogen) atoms. The molecular weight excluding hydrogens is 218 g/mol. The van der Waals surface area contributed by atoms with Crippen LogP contribution in [0, 0.1) is 0 Å². The summed E-state index contributed by atoms with van der Waals surface area (Å²) in [6.07, 6.45) is 4.50. The normalized spacial score (nSPS) is 11.7. The average molecular weight is 232 g/mol. The first-order valence-electron chi connectivity index (χ1n) is 4.08. The van der Waals surface area contributed by atoms with Crippen molar-refractivity contribution >= 4 is 40.6 Å². The molecule has 0 amide bonds. The first-order chi connectivity index (χ1) is 5.48. The van der Waals surface area contributed by atoms with Crippen LogP contribution in [0.2, 0.25) is 0 Å². The van der Waals surface area contributed by atoms with Crippen molar-refractivity contribution in [2.75, 3.05) is 0 Å². The lowest BCUT2D eigenvalue weighted by Gasteiger charge is -2.08. The summed E-state index contributed by atoms with van der Waals surface area (Å²) >= 11 is 16.1. The number of Topliss-reactive ketones (excluding diaryl/α,β-unsaturated/α-hetero) is 1. The molecule has 0 fully saturated rings. The fourth-order valence-corrected chi connectivity index (χ4v) is 1.14. The predicted octanol–water partition coefficient (Wildman–Crippen LogP) is 3.90. The topological polar surface area (TPSA) is 17.1 Å². The van der Waals surface area contributed by atoms with E-state index in [1.165, 1.54) is 0 Å². The van der Waals surface area contributed by atoms with E-state index in [4.69, 9.17) is 34.8 Å². The molecule has 0 N–H and O–H groups in total. The Morgan fingerprint density at radius 1 is 1.17 bits per heavy atom. The summed E-state index contributed by atoms with van der Waals surface area (Å²) < 4.78 is -1.72. The minimum absolute atomic E-state index is 0.302. The molecule has 1 nitrogen and oxygen atoms in total. The lowest BCUT2D eigenvalue weighted by molar-refractivity contribution is -0.118. The third-order valence-electron chi connectivity index (χ3n) is 1.57. The SMILES string of the molecule is CCCCCCC(=O)C(Cl)(Cl)Cl. The second-order valence-electron chi connectivity index (χ2n) is 2.73. The summed E-state index contributed by atoms with van der Waals surface area (Å²) in [4.78, 5) is 11.0. The molecule has 0 aromatic heterocycles. The van der Waals surface area contributed by atoms with Gasteiger partial charge in [-0.15, -0.1) is 0 Å². The fraction of sp³-hybridized carbons (Fsp3) is 0.875. The molecule has 0 saturated heterocycles. The standard InChI is InChI=1S/C8H13Cl3O/c1-2-3-4-5-6-7(12)8(9,10)11/h2-6H2,1H3. The van der Waals surface area contributed by atoms with Crippen LogP contribution in [0.15, 0.2) is 0 Å². The van der Waals surface area contributed by atoms with Crippen molar-refractivity contribution < 1.29 is 4.79 Å². The molecule has 0 aliphatic heterocycles. The van der Waals surface area contributed by atoms with Gasteiger partial charge in [0, 0.05) is 6.42 Å². The molecule has 0 aromatic rings. The summed E-state index contributed by atoms with van der Waals surface area (Å²) in [6.45, 7) is 2.11. The van der Waals surface area contributed by atoms with Crippen molar-refractivity contribution in [2.45, 2.75) is 42.8 Å². The minimum atomic E-state index is -1.72. The Bertz CT molecular complexity index is 140. The molecule has 0 spiro atoms. The summed E-state index contributed by atoms with van der Waals surface area (Å²) in [5, 5.41) is 0. The lowest BCUT2D eigenvalue weighted by atomic mass is 10.1. The van der Waals surface area contributed by atoms with Gasteiger partial charge in [0.1, 0.15) is 0 Å². The Balaban J connectivity index is 3.45. The molecule has 0 heterocycles. The molecule has 0 rings (SSSR count). The Kier molecular flexibility index (Phi) is 6.34. The van der Waals surface area contributed by atoms with E-state index in [2.05, 4.69) is 6.92 Å². The van der Waals surface area contributed by atoms with Crippen molar-refractivity contribution in [3.63, 3.8) is 0 Å². The van der Waals surface area contributed by atoms with Crippen LogP contribution < -0.4 is 0 Å². The van der Waals surface area contributed by atoms with E-state index < -0.39 is 3.79 Å². The predicted molar refractivity (Wildman–Crippen MR) is 54.1 cm³/mol. The largest absolute Gasteiger partial charge is 0.295 e. The van der Waals surface area contributed by atoms with Crippen LogP contribution in [0.3, 0.4) is 0 Å². The highest BCUT2D eigenvalue weighted by atomic mass is 35.6. The van der Waals surface area contributed by atoms with E-state index >= 15 is 0 Å². The maximum atomic E-state index is 11.0. The van der Waals surface area contributed by atoms with Gasteiger partial charge in [0.2, 0.25) is 3.79 Å². The minimum Gasteiger partial charge on any atom is -0.295 e. The number of ketones is 1. The number of carbonyl (C=O) groups excluding carboxylic acids is 1. The third-order valence-corrected chi connectivity index (χ3v) is 2.21. The van der Waals surface area contributed by atoms with Gasteiger partial charge in [0.15, 0.2) is 5.78 Å². The van der Waals surface area contributed by atoms with Gasteiger partial charge < -0.3 is 0 Å². The van der Waals surface area contributed by atoms with E-state index in [0.29, 0.717) is 6.42 Å². The number of carbonyl (C=O) groups is 1. The van der Waals surface area contributed by atoms with Gasteiger partial charge in [-0.2, -0.15) is 0 Å². The van der Waals surface area contributed by atoms with Gasteiger partial charge in [0.25, 0.3) is 0 Å². The van der Waals surface area contributed by atoms with Crippen LogP contribution >= 0.6 is 34.8 Å². The summed E-state index contributed by atoms with van der Waals surface area (Å²) in [5.41, 5.74) is 0. The van der Waals surface area contributed by atoms with Gasteiger partial charge >= 0.3 is 0 Å².